The molecule has 0 saturated carbocycles. The zero-order chi connectivity index (χ0) is 7.90. The molecule has 0 aromatic carbocycles. The Labute approximate surface area is 69.2 Å². The van der Waals surface area contributed by atoms with E-state index in [-0.39, 0.29) is 0 Å². The molecule has 1 atom stereocenters. The minimum absolute atomic E-state index is 0.615. The molecule has 2 aliphatic rings. The van der Waals surface area contributed by atoms with E-state index in [9.17, 15) is 0 Å². The maximum absolute atomic E-state index is 2.64. The van der Waals surface area contributed by atoms with Gasteiger partial charge in [-0.25, -0.2) is 0 Å². The molecule has 2 fully saturated rings. The molecule has 2 heteroatoms. The molecule has 2 nitrogen and oxygen atoms in total. The summed E-state index contributed by atoms with van der Waals surface area (Å²) in [6.45, 7) is 7.47. The molecule has 0 aromatic rings. The van der Waals surface area contributed by atoms with E-state index in [1.165, 1.54) is 39.0 Å². The molecule has 0 aliphatic carbocycles. The molecular formula is C9H18N2. The summed E-state index contributed by atoms with van der Waals surface area (Å²) >= 11 is 0. The van der Waals surface area contributed by atoms with Crippen LogP contribution in [0.1, 0.15) is 19.8 Å². The van der Waals surface area contributed by atoms with Gasteiger partial charge in [0.25, 0.3) is 0 Å². The van der Waals surface area contributed by atoms with Crippen molar-refractivity contribution < 1.29 is 0 Å². The van der Waals surface area contributed by atoms with Gasteiger partial charge in [0.15, 0.2) is 0 Å². The van der Waals surface area contributed by atoms with Crippen molar-refractivity contribution in [3.05, 3.63) is 0 Å². The molecule has 0 N–H and O–H groups in total. The SMILES string of the molecule is CCN1CCC12CCN(C)C2. The first-order valence-electron chi connectivity index (χ1n) is 4.70. The summed E-state index contributed by atoms with van der Waals surface area (Å²) in [5.74, 6) is 0. The molecular weight excluding hydrogens is 136 g/mol. The highest BCUT2D eigenvalue weighted by atomic mass is 15.3. The summed E-state index contributed by atoms with van der Waals surface area (Å²) in [6, 6.07) is 0. The van der Waals surface area contributed by atoms with Crippen molar-refractivity contribution in [1.82, 2.24) is 9.80 Å². The number of hydrogen-bond donors (Lipinski definition) is 0. The van der Waals surface area contributed by atoms with Gasteiger partial charge in [0, 0.05) is 18.6 Å². The smallest absolute Gasteiger partial charge is 0.0360 e. The van der Waals surface area contributed by atoms with Gasteiger partial charge >= 0.3 is 0 Å². The molecule has 0 amide bonds. The van der Waals surface area contributed by atoms with Crippen molar-refractivity contribution in [2.24, 2.45) is 0 Å². The average Bonchev–Trinajstić information content (AvgIpc) is 2.33. The van der Waals surface area contributed by atoms with Gasteiger partial charge in [0.05, 0.1) is 0 Å². The van der Waals surface area contributed by atoms with Crippen LogP contribution in [0.5, 0.6) is 0 Å². The van der Waals surface area contributed by atoms with Crippen molar-refractivity contribution in [3.63, 3.8) is 0 Å². The van der Waals surface area contributed by atoms with Crippen LogP contribution in [0, 0.1) is 0 Å². The van der Waals surface area contributed by atoms with E-state index in [0.29, 0.717) is 5.54 Å². The third-order valence-corrected chi connectivity index (χ3v) is 3.42. The number of nitrogens with zero attached hydrogens (tertiary/aromatic N) is 2. The first-order valence-corrected chi connectivity index (χ1v) is 4.70. The van der Waals surface area contributed by atoms with Gasteiger partial charge in [0.1, 0.15) is 0 Å². The molecule has 1 spiro atoms. The molecule has 2 saturated heterocycles. The normalized spacial score (nSPS) is 39.8. The fraction of sp³-hybridized carbons (Fsp3) is 1.00. The van der Waals surface area contributed by atoms with E-state index in [1.54, 1.807) is 0 Å². The van der Waals surface area contributed by atoms with Crippen LogP contribution in [-0.2, 0) is 0 Å². The van der Waals surface area contributed by atoms with Gasteiger partial charge in [-0.3, -0.25) is 4.90 Å². The Morgan fingerprint density at radius 2 is 2.00 bits per heavy atom. The molecule has 1 unspecified atom stereocenters. The second-order valence-corrected chi connectivity index (χ2v) is 4.04. The first kappa shape index (κ1) is 7.56. The largest absolute Gasteiger partial charge is 0.304 e. The molecule has 0 bridgehead atoms. The maximum Gasteiger partial charge on any atom is 0.0360 e. The maximum atomic E-state index is 2.64. The number of hydrogen-bond acceptors (Lipinski definition) is 2. The number of likely N-dealkylation sites (N-methyl/N-ethyl adjacent to an activating group) is 2. The van der Waals surface area contributed by atoms with Gasteiger partial charge in [-0.05, 0) is 33.0 Å². The predicted octanol–water partition coefficient (Wildman–Crippen LogP) is 0.786. The van der Waals surface area contributed by atoms with Crippen molar-refractivity contribution in [2.75, 3.05) is 33.2 Å². The summed E-state index contributed by atoms with van der Waals surface area (Å²) < 4.78 is 0. The summed E-state index contributed by atoms with van der Waals surface area (Å²) in [4.78, 5) is 5.10. The molecule has 0 aromatic heterocycles. The lowest BCUT2D eigenvalue weighted by molar-refractivity contribution is 0.000304. The quantitative estimate of drug-likeness (QED) is 0.551. The van der Waals surface area contributed by atoms with Crippen molar-refractivity contribution in [2.45, 2.75) is 25.3 Å². The highest BCUT2D eigenvalue weighted by Gasteiger charge is 2.47. The van der Waals surface area contributed by atoms with Crippen LogP contribution >= 0.6 is 0 Å². The monoisotopic (exact) mass is 154 g/mol. The first-order chi connectivity index (χ1) is 5.27. The highest BCUT2D eigenvalue weighted by Crippen LogP contribution is 2.37. The van der Waals surface area contributed by atoms with Crippen LogP contribution in [0.3, 0.4) is 0 Å². The second-order valence-electron chi connectivity index (χ2n) is 4.04. The zero-order valence-electron chi connectivity index (χ0n) is 7.64. The van der Waals surface area contributed by atoms with Gasteiger partial charge in [-0.2, -0.15) is 0 Å². The van der Waals surface area contributed by atoms with Crippen molar-refractivity contribution in [1.29, 1.82) is 0 Å². The summed E-state index contributed by atoms with van der Waals surface area (Å²) in [7, 11) is 2.24. The lowest BCUT2D eigenvalue weighted by Crippen LogP contribution is -2.60. The summed E-state index contributed by atoms with van der Waals surface area (Å²) in [6.07, 6.45) is 2.84. The predicted molar refractivity (Wildman–Crippen MR) is 46.7 cm³/mol. The van der Waals surface area contributed by atoms with Gasteiger partial charge < -0.3 is 4.90 Å². The average molecular weight is 154 g/mol. The van der Waals surface area contributed by atoms with Crippen LogP contribution < -0.4 is 0 Å². The fourth-order valence-corrected chi connectivity index (χ4v) is 2.60. The minimum atomic E-state index is 0.615. The standard InChI is InChI=1S/C9H18N2/c1-3-11-7-5-9(11)4-6-10(2)8-9/h3-8H2,1-2H3. The lowest BCUT2D eigenvalue weighted by atomic mass is 9.84. The Bertz CT molecular complexity index is 156. The van der Waals surface area contributed by atoms with E-state index in [1.807, 2.05) is 0 Å². The van der Waals surface area contributed by atoms with E-state index in [4.69, 9.17) is 0 Å². The van der Waals surface area contributed by atoms with Gasteiger partial charge in [0.2, 0.25) is 0 Å². The number of rotatable bonds is 1. The molecule has 11 heavy (non-hydrogen) atoms. The molecule has 64 valence electrons. The van der Waals surface area contributed by atoms with Crippen LogP contribution in [-0.4, -0.2) is 48.6 Å². The third-order valence-electron chi connectivity index (χ3n) is 3.42. The third kappa shape index (κ3) is 1.00. The molecule has 2 aliphatic heterocycles. The van der Waals surface area contributed by atoms with Crippen LogP contribution in [0.25, 0.3) is 0 Å². The lowest BCUT2D eigenvalue weighted by Gasteiger charge is -2.50. The van der Waals surface area contributed by atoms with Gasteiger partial charge in [-0.15, -0.1) is 0 Å². The van der Waals surface area contributed by atoms with Crippen LogP contribution in [0.2, 0.25) is 0 Å². The van der Waals surface area contributed by atoms with E-state index < -0.39 is 0 Å². The second kappa shape index (κ2) is 2.46. The topological polar surface area (TPSA) is 6.48 Å². The Hall–Kier alpha value is -0.0800. The van der Waals surface area contributed by atoms with E-state index in [2.05, 4.69) is 23.8 Å². The fourth-order valence-electron chi connectivity index (χ4n) is 2.60. The molecule has 2 rings (SSSR count). The summed E-state index contributed by atoms with van der Waals surface area (Å²) in [5.41, 5.74) is 0.615. The van der Waals surface area contributed by atoms with Crippen molar-refractivity contribution >= 4 is 0 Å². The molecule has 2 heterocycles. The van der Waals surface area contributed by atoms with Crippen LogP contribution in [0.4, 0.5) is 0 Å². The van der Waals surface area contributed by atoms with E-state index in [0.717, 1.165) is 0 Å². The highest BCUT2D eigenvalue weighted by molar-refractivity contribution is 5.04. The molecule has 0 radical (unpaired) electrons. The van der Waals surface area contributed by atoms with Crippen LogP contribution in [0.15, 0.2) is 0 Å². The Kier molecular flexibility index (Phi) is 1.69. The zero-order valence-corrected chi connectivity index (χ0v) is 7.64. The Morgan fingerprint density at radius 1 is 1.27 bits per heavy atom. The Morgan fingerprint density at radius 3 is 2.36 bits per heavy atom. The minimum Gasteiger partial charge on any atom is -0.304 e. The summed E-state index contributed by atoms with van der Waals surface area (Å²) in [5, 5.41) is 0. The van der Waals surface area contributed by atoms with Crippen molar-refractivity contribution in [3.8, 4) is 0 Å². The number of likely N-dealkylation sites (tertiary alicyclic amines) is 2. The van der Waals surface area contributed by atoms with Gasteiger partial charge in [-0.1, -0.05) is 6.92 Å². The Balaban J connectivity index is 2.01. The van der Waals surface area contributed by atoms with E-state index >= 15 is 0 Å².